The zero-order chi connectivity index (χ0) is 9.42. The molecule has 0 spiro atoms. The SMILES string of the molecule is O=C(O)C1COc2ccc(S)cc21. The Morgan fingerprint density at radius 3 is 3.08 bits per heavy atom. The maximum atomic E-state index is 10.8. The van der Waals surface area contributed by atoms with Crippen LogP contribution in [0.4, 0.5) is 0 Å². The minimum Gasteiger partial charge on any atom is -0.492 e. The summed E-state index contributed by atoms with van der Waals surface area (Å²) in [5.74, 6) is -0.731. The summed E-state index contributed by atoms with van der Waals surface area (Å²) < 4.78 is 5.21. The molecule has 0 aromatic heterocycles. The Morgan fingerprint density at radius 1 is 1.62 bits per heavy atom. The number of carbonyl (C=O) groups is 1. The molecule has 1 N–H and O–H groups in total. The van der Waals surface area contributed by atoms with Crippen LogP contribution < -0.4 is 4.74 Å². The molecule has 1 aromatic rings. The van der Waals surface area contributed by atoms with E-state index in [0.717, 1.165) is 10.5 Å². The van der Waals surface area contributed by atoms with Gasteiger partial charge in [0.15, 0.2) is 0 Å². The summed E-state index contributed by atoms with van der Waals surface area (Å²) in [5, 5.41) is 8.85. The lowest BCUT2D eigenvalue weighted by Crippen LogP contribution is -2.12. The van der Waals surface area contributed by atoms with Crippen LogP contribution in [0.2, 0.25) is 0 Å². The number of carboxylic acid groups (broad SMARTS) is 1. The van der Waals surface area contributed by atoms with Gasteiger partial charge in [0.2, 0.25) is 0 Å². The molecule has 1 aromatic carbocycles. The monoisotopic (exact) mass is 196 g/mol. The van der Waals surface area contributed by atoms with E-state index in [1.807, 2.05) is 0 Å². The summed E-state index contributed by atoms with van der Waals surface area (Å²) in [6.45, 7) is 0.224. The first-order chi connectivity index (χ1) is 6.18. The van der Waals surface area contributed by atoms with Gasteiger partial charge in [-0.05, 0) is 18.2 Å². The quantitative estimate of drug-likeness (QED) is 0.670. The zero-order valence-corrected chi connectivity index (χ0v) is 7.62. The fourth-order valence-electron chi connectivity index (χ4n) is 1.41. The Balaban J connectivity index is 2.46. The van der Waals surface area contributed by atoms with Crippen molar-refractivity contribution in [1.29, 1.82) is 0 Å². The molecule has 0 saturated carbocycles. The highest BCUT2D eigenvalue weighted by atomic mass is 32.1. The molecule has 13 heavy (non-hydrogen) atoms. The lowest BCUT2D eigenvalue weighted by molar-refractivity contribution is -0.138. The van der Waals surface area contributed by atoms with Gasteiger partial charge in [-0.2, -0.15) is 0 Å². The summed E-state index contributed by atoms with van der Waals surface area (Å²) in [5.41, 5.74) is 0.722. The van der Waals surface area contributed by atoms with E-state index in [2.05, 4.69) is 12.6 Å². The molecule has 4 heteroatoms. The number of hydrogen-bond acceptors (Lipinski definition) is 3. The van der Waals surface area contributed by atoms with Crippen molar-refractivity contribution in [3.8, 4) is 5.75 Å². The summed E-state index contributed by atoms with van der Waals surface area (Å²) in [6, 6.07) is 5.27. The molecule has 0 fully saturated rings. The second-order valence-corrected chi connectivity index (χ2v) is 3.44. The molecule has 1 unspecified atom stereocenters. The fourth-order valence-corrected chi connectivity index (χ4v) is 1.62. The van der Waals surface area contributed by atoms with E-state index in [1.165, 1.54) is 0 Å². The highest BCUT2D eigenvalue weighted by Gasteiger charge is 2.29. The van der Waals surface area contributed by atoms with Gasteiger partial charge in [-0.25, -0.2) is 0 Å². The molecule has 3 nitrogen and oxygen atoms in total. The zero-order valence-electron chi connectivity index (χ0n) is 6.73. The first kappa shape index (κ1) is 8.44. The van der Waals surface area contributed by atoms with E-state index in [1.54, 1.807) is 18.2 Å². The van der Waals surface area contributed by atoms with Gasteiger partial charge in [0.05, 0.1) is 0 Å². The number of fused-ring (bicyclic) bond motifs is 1. The normalized spacial score (nSPS) is 19.3. The van der Waals surface area contributed by atoms with Crippen LogP contribution in [0.15, 0.2) is 23.1 Å². The minimum atomic E-state index is -0.849. The molecule has 2 rings (SSSR count). The third-order valence-electron chi connectivity index (χ3n) is 2.07. The van der Waals surface area contributed by atoms with E-state index < -0.39 is 11.9 Å². The smallest absolute Gasteiger partial charge is 0.314 e. The molecule has 1 aliphatic rings. The predicted molar refractivity (Wildman–Crippen MR) is 49.6 cm³/mol. The van der Waals surface area contributed by atoms with Gasteiger partial charge in [0.25, 0.3) is 0 Å². The second kappa shape index (κ2) is 2.96. The molecule has 0 amide bonds. The molecule has 68 valence electrons. The van der Waals surface area contributed by atoms with Crippen LogP contribution in [0.3, 0.4) is 0 Å². The Hall–Kier alpha value is -1.16. The highest BCUT2D eigenvalue weighted by molar-refractivity contribution is 7.80. The van der Waals surface area contributed by atoms with Crippen LogP contribution in [0.5, 0.6) is 5.75 Å². The van der Waals surface area contributed by atoms with E-state index in [9.17, 15) is 4.79 Å². The predicted octanol–water partition coefficient (Wildman–Crippen LogP) is 1.54. The van der Waals surface area contributed by atoms with Crippen molar-refractivity contribution in [2.75, 3.05) is 6.61 Å². The molecule has 0 saturated heterocycles. The molecular formula is C9H8O3S. The van der Waals surface area contributed by atoms with E-state index in [0.29, 0.717) is 5.75 Å². The Labute approximate surface area is 80.7 Å². The number of rotatable bonds is 1. The first-order valence-corrected chi connectivity index (χ1v) is 4.31. The lowest BCUT2D eigenvalue weighted by atomic mass is 10.0. The number of hydrogen-bond donors (Lipinski definition) is 2. The molecule has 0 aliphatic carbocycles. The van der Waals surface area contributed by atoms with E-state index in [4.69, 9.17) is 9.84 Å². The number of thiol groups is 1. The van der Waals surface area contributed by atoms with Crippen molar-refractivity contribution < 1.29 is 14.6 Å². The van der Waals surface area contributed by atoms with Gasteiger partial charge in [-0.3, -0.25) is 4.79 Å². The molecular weight excluding hydrogens is 188 g/mol. The maximum Gasteiger partial charge on any atom is 0.314 e. The fraction of sp³-hybridized carbons (Fsp3) is 0.222. The lowest BCUT2D eigenvalue weighted by Gasteiger charge is -2.01. The largest absolute Gasteiger partial charge is 0.492 e. The Kier molecular flexibility index (Phi) is 1.92. The van der Waals surface area contributed by atoms with Crippen LogP contribution in [0, 0.1) is 0 Å². The third-order valence-corrected chi connectivity index (χ3v) is 2.35. The van der Waals surface area contributed by atoms with Crippen LogP contribution in [-0.2, 0) is 4.79 Å². The van der Waals surface area contributed by atoms with Gasteiger partial charge in [-0.15, -0.1) is 12.6 Å². The van der Waals surface area contributed by atoms with E-state index in [-0.39, 0.29) is 6.61 Å². The van der Waals surface area contributed by atoms with Crippen LogP contribution in [-0.4, -0.2) is 17.7 Å². The summed E-state index contributed by atoms with van der Waals surface area (Å²) in [6.07, 6.45) is 0. The highest BCUT2D eigenvalue weighted by Crippen LogP contribution is 2.35. The van der Waals surface area contributed by atoms with Crippen molar-refractivity contribution in [3.63, 3.8) is 0 Å². The average molecular weight is 196 g/mol. The Morgan fingerprint density at radius 2 is 2.38 bits per heavy atom. The van der Waals surface area contributed by atoms with Crippen molar-refractivity contribution >= 4 is 18.6 Å². The topological polar surface area (TPSA) is 46.5 Å². The molecule has 0 bridgehead atoms. The third kappa shape index (κ3) is 1.37. The van der Waals surface area contributed by atoms with E-state index >= 15 is 0 Å². The van der Waals surface area contributed by atoms with Crippen molar-refractivity contribution in [2.45, 2.75) is 10.8 Å². The first-order valence-electron chi connectivity index (χ1n) is 3.87. The van der Waals surface area contributed by atoms with Gasteiger partial charge in [-0.1, -0.05) is 0 Å². The average Bonchev–Trinajstić information content (AvgIpc) is 2.46. The molecule has 0 radical (unpaired) electrons. The van der Waals surface area contributed by atoms with Gasteiger partial charge in [0.1, 0.15) is 18.3 Å². The molecule has 1 heterocycles. The van der Waals surface area contributed by atoms with Gasteiger partial charge < -0.3 is 9.84 Å². The summed E-state index contributed by atoms with van der Waals surface area (Å²) >= 11 is 4.14. The number of benzene rings is 1. The summed E-state index contributed by atoms with van der Waals surface area (Å²) in [4.78, 5) is 11.5. The Bertz CT molecular complexity index is 362. The second-order valence-electron chi connectivity index (χ2n) is 2.92. The van der Waals surface area contributed by atoms with Crippen LogP contribution >= 0.6 is 12.6 Å². The van der Waals surface area contributed by atoms with Crippen molar-refractivity contribution in [2.24, 2.45) is 0 Å². The van der Waals surface area contributed by atoms with Crippen molar-refractivity contribution in [3.05, 3.63) is 23.8 Å². The van der Waals surface area contributed by atoms with Gasteiger partial charge in [0, 0.05) is 10.5 Å². The van der Waals surface area contributed by atoms with Crippen LogP contribution in [0.1, 0.15) is 11.5 Å². The van der Waals surface area contributed by atoms with Crippen LogP contribution in [0.25, 0.3) is 0 Å². The van der Waals surface area contributed by atoms with Crippen molar-refractivity contribution in [1.82, 2.24) is 0 Å². The molecule has 1 aliphatic heterocycles. The maximum absolute atomic E-state index is 10.8. The number of carboxylic acids is 1. The van der Waals surface area contributed by atoms with Gasteiger partial charge >= 0.3 is 5.97 Å². The number of ether oxygens (including phenoxy) is 1. The minimum absolute atomic E-state index is 0.224. The standard InChI is InChI=1S/C9H8O3S/c10-9(11)7-4-12-8-2-1-5(13)3-6(7)8/h1-3,7,13H,4H2,(H,10,11). The number of aliphatic carboxylic acids is 1. The summed E-state index contributed by atoms with van der Waals surface area (Å²) in [7, 11) is 0. The molecule has 1 atom stereocenters.